The second-order valence-corrected chi connectivity index (χ2v) is 7.18. The number of carbonyl (C=O) groups excluding carboxylic acids is 1. The molecule has 2 fully saturated rings. The SMILES string of the molecule is Cc1ccc([C@H](NC(=O)CNC[C@H]2CN(C)CCO2)C2CC2)cc1. The molecule has 3 rings (SSSR count). The van der Waals surface area contributed by atoms with Gasteiger partial charge in [-0.3, -0.25) is 4.79 Å². The topological polar surface area (TPSA) is 53.6 Å². The van der Waals surface area contributed by atoms with E-state index in [0.29, 0.717) is 12.5 Å². The Morgan fingerprint density at radius 1 is 1.33 bits per heavy atom. The van der Waals surface area contributed by atoms with E-state index in [1.54, 1.807) is 0 Å². The maximum absolute atomic E-state index is 12.3. The highest BCUT2D eigenvalue weighted by atomic mass is 16.5. The molecule has 24 heavy (non-hydrogen) atoms. The van der Waals surface area contributed by atoms with Gasteiger partial charge in [-0.15, -0.1) is 0 Å². The van der Waals surface area contributed by atoms with Crippen molar-refractivity contribution in [3.63, 3.8) is 0 Å². The smallest absolute Gasteiger partial charge is 0.234 e. The zero-order valence-corrected chi connectivity index (χ0v) is 14.8. The number of morpholine rings is 1. The third-order valence-corrected chi connectivity index (χ3v) is 4.85. The largest absolute Gasteiger partial charge is 0.374 e. The fourth-order valence-electron chi connectivity index (χ4n) is 3.24. The lowest BCUT2D eigenvalue weighted by atomic mass is 10.0. The average Bonchev–Trinajstić information content (AvgIpc) is 3.38. The Morgan fingerprint density at radius 2 is 2.08 bits per heavy atom. The van der Waals surface area contributed by atoms with Crippen LogP contribution in [0.4, 0.5) is 0 Å². The quantitative estimate of drug-likeness (QED) is 0.795. The molecular formula is C19H29N3O2. The Labute approximate surface area is 144 Å². The van der Waals surface area contributed by atoms with Gasteiger partial charge in [-0.2, -0.15) is 0 Å². The van der Waals surface area contributed by atoms with Crippen molar-refractivity contribution in [3.8, 4) is 0 Å². The van der Waals surface area contributed by atoms with E-state index in [1.807, 2.05) is 0 Å². The van der Waals surface area contributed by atoms with Gasteiger partial charge in [0.25, 0.3) is 0 Å². The van der Waals surface area contributed by atoms with Crippen molar-refractivity contribution in [1.29, 1.82) is 0 Å². The van der Waals surface area contributed by atoms with Crippen LogP contribution in [0.1, 0.15) is 30.0 Å². The maximum Gasteiger partial charge on any atom is 0.234 e. The predicted molar refractivity (Wildman–Crippen MR) is 94.9 cm³/mol. The highest BCUT2D eigenvalue weighted by Gasteiger charge is 2.33. The van der Waals surface area contributed by atoms with E-state index in [1.165, 1.54) is 24.0 Å². The van der Waals surface area contributed by atoms with E-state index in [2.05, 4.69) is 53.8 Å². The molecule has 0 bridgehead atoms. The average molecular weight is 331 g/mol. The van der Waals surface area contributed by atoms with Crippen LogP contribution in [0.3, 0.4) is 0 Å². The van der Waals surface area contributed by atoms with Gasteiger partial charge in [0.15, 0.2) is 0 Å². The number of aryl methyl sites for hydroxylation is 1. The molecule has 1 aromatic carbocycles. The van der Waals surface area contributed by atoms with Gasteiger partial charge in [0.1, 0.15) is 0 Å². The first kappa shape index (κ1) is 17.4. The molecule has 1 amide bonds. The molecule has 1 aliphatic carbocycles. The van der Waals surface area contributed by atoms with Crippen LogP contribution in [-0.4, -0.2) is 56.7 Å². The fourth-order valence-corrected chi connectivity index (χ4v) is 3.24. The Morgan fingerprint density at radius 3 is 2.75 bits per heavy atom. The summed E-state index contributed by atoms with van der Waals surface area (Å²) in [5.74, 6) is 0.656. The third-order valence-electron chi connectivity index (χ3n) is 4.85. The number of nitrogens with zero attached hydrogens (tertiary/aromatic N) is 1. The van der Waals surface area contributed by atoms with Crippen molar-refractivity contribution in [2.24, 2.45) is 5.92 Å². The molecule has 1 aliphatic heterocycles. The minimum atomic E-state index is 0.0663. The van der Waals surface area contributed by atoms with E-state index >= 15 is 0 Å². The number of amides is 1. The van der Waals surface area contributed by atoms with Crippen molar-refractivity contribution in [2.45, 2.75) is 31.9 Å². The number of ether oxygens (including phenoxy) is 1. The summed E-state index contributed by atoms with van der Waals surface area (Å²) in [5, 5.41) is 6.45. The zero-order chi connectivity index (χ0) is 16.9. The second kappa shape index (κ2) is 8.10. The summed E-state index contributed by atoms with van der Waals surface area (Å²) in [5.41, 5.74) is 2.47. The maximum atomic E-state index is 12.3. The number of likely N-dealkylation sites (N-methyl/N-ethyl adjacent to an activating group) is 1. The Kier molecular flexibility index (Phi) is 5.87. The molecule has 2 N–H and O–H groups in total. The number of nitrogens with one attached hydrogen (secondary N) is 2. The van der Waals surface area contributed by atoms with Crippen LogP contribution in [0.5, 0.6) is 0 Å². The number of rotatable bonds is 7. The highest BCUT2D eigenvalue weighted by molar-refractivity contribution is 5.78. The van der Waals surface area contributed by atoms with Crippen LogP contribution in [-0.2, 0) is 9.53 Å². The molecule has 2 atom stereocenters. The van der Waals surface area contributed by atoms with Crippen molar-refractivity contribution in [2.75, 3.05) is 39.8 Å². The molecular weight excluding hydrogens is 302 g/mol. The predicted octanol–water partition coefficient (Wildman–Crippen LogP) is 1.48. The van der Waals surface area contributed by atoms with Crippen LogP contribution >= 0.6 is 0 Å². The van der Waals surface area contributed by atoms with Gasteiger partial charge < -0.3 is 20.3 Å². The van der Waals surface area contributed by atoms with E-state index in [-0.39, 0.29) is 18.1 Å². The van der Waals surface area contributed by atoms with Gasteiger partial charge in [-0.1, -0.05) is 29.8 Å². The molecule has 1 heterocycles. The van der Waals surface area contributed by atoms with Crippen molar-refractivity contribution < 1.29 is 9.53 Å². The Hall–Kier alpha value is -1.43. The number of benzene rings is 1. The second-order valence-electron chi connectivity index (χ2n) is 7.18. The zero-order valence-electron chi connectivity index (χ0n) is 14.8. The van der Waals surface area contributed by atoms with Gasteiger partial charge in [0.2, 0.25) is 5.91 Å². The van der Waals surface area contributed by atoms with Gasteiger partial charge in [0, 0.05) is 19.6 Å². The van der Waals surface area contributed by atoms with Crippen LogP contribution in [0.25, 0.3) is 0 Å². The summed E-state index contributed by atoms with van der Waals surface area (Å²) < 4.78 is 5.70. The summed E-state index contributed by atoms with van der Waals surface area (Å²) in [4.78, 5) is 14.6. The van der Waals surface area contributed by atoms with Gasteiger partial charge in [-0.05, 0) is 38.3 Å². The van der Waals surface area contributed by atoms with Crippen molar-refractivity contribution in [1.82, 2.24) is 15.5 Å². The summed E-state index contributed by atoms with van der Waals surface area (Å²) in [6.07, 6.45) is 2.58. The lowest BCUT2D eigenvalue weighted by Crippen LogP contribution is -2.46. The standard InChI is InChI=1S/C19H29N3O2/c1-14-3-5-15(6-4-14)19(16-7-8-16)21-18(23)12-20-11-17-13-22(2)9-10-24-17/h3-6,16-17,19-20H,7-13H2,1-2H3,(H,21,23)/t17-,19-/m0/s1. The first-order valence-corrected chi connectivity index (χ1v) is 8.98. The molecule has 0 unspecified atom stereocenters. The normalized spacial score (nSPS) is 23.0. The molecule has 0 spiro atoms. The Balaban J connectivity index is 1.45. The first-order chi connectivity index (χ1) is 11.6. The Bertz CT molecular complexity index is 542. The molecule has 0 aromatic heterocycles. The molecule has 132 valence electrons. The molecule has 1 saturated carbocycles. The lowest BCUT2D eigenvalue weighted by molar-refractivity contribution is -0.121. The molecule has 5 nitrogen and oxygen atoms in total. The molecule has 1 saturated heterocycles. The monoisotopic (exact) mass is 331 g/mol. The van der Waals surface area contributed by atoms with E-state index in [4.69, 9.17) is 4.74 Å². The van der Waals surface area contributed by atoms with Crippen molar-refractivity contribution >= 4 is 5.91 Å². The fraction of sp³-hybridized carbons (Fsp3) is 0.632. The molecule has 0 radical (unpaired) electrons. The van der Waals surface area contributed by atoms with Crippen LogP contribution in [0.2, 0.25) is 0 Å². The molecule has 2 aliphatic rings. The molecule has 5 heteroatoms. The lowest BCUT2D eigenvalue weighted by Gasteiger charge is -2.30. The van der Waals surface area contributed by atoms with Crippen LogP contribution in [0.15, 0.2) is 24.3 Å². The van der Waals surface area contributed by atoms with Crippen LogP contribution in [0, 0.1) is 12.8 Å². The highest BCUT2D eigenvalue weighted by Crippen LogP contribution is 2.40. The molecule has 1 aromatic rings. The van der Waals surface area contributed by atoms with Crippen LogP contribution < -0.4 is 10.6 Å². The summed E-state index contributed by atoms with van der Waals surface area (Å²) in [6.45, 7) is 5.82. The van der Waals surface area contributed by atoms with Crippen molar-refractivity contribution in [3.05, 3.63) is 35.4 Å². The number of hydrogen-bond donors (Lipinski definition) is 2. The van der Waals surface area contributed by atoms with E-state index in [9.17, 15) is 4.79 Å². The van der Waals surface area contributed by atoms with E-state index in [0.717, 1.165) is 26.2 Å². The summed E-state index contributed by atoms with van der Waals surface area (Å²) in [6, 6.07) is 8.66. The summed E-state index contributed by atoms with van der Waals surface area (Å²) in [7, 11) is 2.10. The summed E-state index contributed by atoms with van der Waals surface area (Å²) >= 11 is 0. The van der Waals surface area contributed by atoms with Gasteiger partial charge in [-0.25, -0.2) is 0 Å². The third kappa shape index (κ3) is 5.03. The first-order valence-electron chi connectivity index (χ1n) is 8.98. The minimum absolute atomic E-state index is 0.0663. The van der Waals surface area contributed by atoms with Gasteiger partial charge >= 0.3 is 0 Å². The number of hydrogen-bond acceptors (Lipinski definition) is 4. The van der Waals surface area contributed by atoms with E-state index < -0.39 is 0 Å². The van der Waals surface area contributed by atoms with Gasteiger partial charge in [0.05, 0.1) is 25.3 Å². The minimum Gasteiger partial charge on any atom is -0.374 e. The number of carbonyl (C=O) groups is 1.